The topological polar surface area (TPSA) is 33.1 Å². The molecule has 1 aromatic carbocycles. The molecular weight excluding hydrogens is 280 g/mol. The standard InChI is InChI=1S/C12H8Cl3NO/c13-8-4-5-16-6-7(8)12(17)11-9(14)2-1-3-10(11)15/h1-6,12,17H. The molecule has 2 nitrogen and oxygen atoms in total. The zero-order valence-corrected chi connectivity index (χ0v) is 10.8. The van der Waals surface area contributed by atoms with Crippen LogP contribution in [-0.4, -0.2) is 10.1 Å². The van der Waals surface area contributed by atoms with Crippen molar-refractivity contribution in [3.8, 4) is 0 Å². The molecule has 0 saturated carbocycles. The highest BCUT2D eigenvalue weighted by Crippen LogP contribution is 2.35. The van der Waals surface area contributed by atoms with E-state index in [9.17, 15) is 5.11 Å². The van der Waals surface area contributed by atoms with Crippen LogP contribution in [0.3, 0.4) is 0 Å². The Balaban J connectivity index is 2.51. The fourth-order valence-electron chi connectivity index (χ4n) is 1.52. The van der Waals surface area contributed by atoms with E-state index in [1.165, 1.54) is 6.20 Å². The molecule has 0 fully saturated rings. The number of hydrogen-bond acceptors (Lipinski definition) is 2. The fraction of sp³-hybridized carbons (Fsp3) is 0.0833. The second-order valence-electron chi connectivity index (χ2n) is 3.44. The van der Waals surface area contributed by atoms with Crippen molar-refractivity contribution in [2.75, 3.05) is 0 Å². The zero-order chi connectivity index (χ0) is 12.4. The highest BCUT2D eigenvalue weighted by atomic mass is 35.5. The summed E-state index contributed by atoms with van der Waals surface area (Å²) < 4.78 is 0. The van der Waals surface area contributed by atoms with Gasteiger partial charge in [0.05, 0.1) is 0 Å². The number of hydrogen-bond donors (Lipinski definition) is 1. The molecule has 0 spiro atoms. The molecule has 2 aromatic rings. The summed E-state index contributed by atoms with van der Waals surface area (Å²) in [6.07, 6.45) is 2.05. The first-order valence-electron chi connectivity index (χ1n) is 4.82. The van der Waals surface area contributed by atoms with E-state index in [2.05, 4.69) is 4.98 Å². The summed E-state index contributed by atoms with van der Waals surface area (Å²) in [5, 5.41) is 11.4. The summed E-state index contributed by atoms with van der Waals surface area (Å²) in [6.45, 7) is 0. The van der Waals surface area contributed by atoms with Crippen molar-refractivity contribution >= 4 is 34.8 Å². The molecule has 5 heteroatoms. The van der Waals surface area contributed by atoms with E-state index < -0.39 is 6.10 Å². The Morgan fingerprint density at radius 1 is 1.00 bits per heavy atom. The highest BCUT2D eigenvalue weighted by Gasteiger charge is 2.19. The maximum absolute atomic E-state index is 10.2. The molecule has 0 aliphatic heterocycles. The van der Waals surface area contributed by atoms with Crippen LogP contribution in [0.25, 0.3) is 0 Å². The molecule has 1 heterocycles. The van der Waals surface area contributed by atoms with Gasteiger partial charge in [0.1, 0.15) is 6.10 Å². The minimum atomic E-state index is -0.989. The zero-order valence-electron chi connectivity index (χ0n) is 8.57. The van der Waals surface area contributed by atoms with E-state index in [1.54, 1.807) is 30.5 Å². The van der Waals surface area contributed by atoms with Crippen LogP contribution in [0, 0.1) is 0 Å². The molecule has 17 heavy (non-hydrogen) atoms. The van der Waals surface area contributed by atoms with E-state index in [1.807, 2.05) is 0 Å². The Bertz CT molecular complexity index is 525. The molecule has 1 unspecified atom stereocenters. The Morgan fingerprint density at radius 3 is 2.24 bits per heavy atom. The number of pyridine rings is 1. The molecule has 1 aromatic heterocycles. The van der Waals surface area contributed by atoms with Crippen LogP contribution in [0.2, 0.25) is 15.1 Å². The van der Waals surface area contributed by atoms with Crippen molar-refractivity contribution in [1.82, 2.24) is 4.98 Å². The lowest BCUT2D eigenvalue weighted by molar-refractivity contribution is 0.220. The SMILES string of the molecule is OC(c1cnccc1Cl)c1c(Cl)cccc1Cl. The van der Waals surface area contributed by atoms with Crippen molar-refractivity contribution in [1.29, 1.82) is 0 Å². The Kier molecular flexibility index (Phi) is 3.89. The predicted octanol–water partition coefficient (Wildman–Crippen LogP) is 4.12. The van der Waals surface area contributed by atoms with Gasteiger partial charge in [-0.1, -0.05) is 40.9 Å². The quantitative estimate of drug-likeness (QED) is 0.901. The van der Waals surface area contributed by atoms with Crippen LogP contribution >= 0.6 is 34.8 Å². The van der Waals surface area contributed by atoms with Crippen molar-refractivity contribution in [3.05, 3.63) is 62.9 Å². The number of halogens is 3. The van der Waals surface area contributed by atoms with Gasteiger partial charge in [0, 0.05) is 38.6 Å². The van der Waals surface area contributed by atoms with E-state index in [4.69, 9.17) is 34.8 Å². The predicted molar refractivity (Wildman–Crippen MR) is 69.8 cm³/mol. The van der Waals surface area contributed by atoms with Gasteiger partial charge in [0.2, 0.25) is 0 Å². The molecule has 0 amide bonds. The third-order valence-corrected chi connectivity index (χ3v) is 3.37. The molecule has 0 aliphatic rings. The first kappa shape index (κ1) is 12.7. The van der Waals surface area contributed by atoms with Gasteiger partial charge in [-0.2, -0.15) is 0 Å². The van der Waals surface area contributed by atoms with Crippen LogP contribution in [0.1, 0.15) is 17.2 Å². The first-order valence-corrected chi connectivity index (χ1v) is 5.96. The molecule has 0 radical (unpaired) electrons. The minimum absolute atomic E-state index is 0.393. The lowest BCUT2D eigenvalue weighted by Gasteiger charge is -2.15. The third kappa shape index (κ3) is 2.55. The summed E-state index contributed by atoms with van der Waals surface area (Å²) in [7, 11) is 0. The number of rotatable bonds is 2. The van der Waals surface area contributed by atoms with Crippen molar-refractivity contribution in [2.24, 2.45) is 0 Å². The molecule has 2 rings (SSSR count). The number of aromatic nitrogens is 1. The maximum Gasteiger partial charge on any atom is 0.110 e. The summed E-state index contributed by atoms with van der Waals surface area (Å²) >= 11 is 18.0. The second kappa shape index (κ2) is 5.23. The van der Waals surface area contributed by atoms with Gasteiger partial charge in [-0.15, -0.1) is 0 Å². The minimum Gasteiger partial charge on any atom is -0.383 e. The third-order valence-electron chi connectivity index (χ3n) is 2.36. The van der Waals surface area contributed by atoms with Crippen LogP contribution < -0.4 is 0 Å². The van der Waals surface area contributed by atoms with Crippen molar-refractivity contribution in [3.63, 3.8) is 0 Å². The van der Waals surface area contributed by atoms with Crippen LogP contribution in [0.4, 0.5) is 0 Å². The lowest BCUT2D eigenvalue weighted by atomic mass is 10.0. The molecule has 0 aliphatic carbocycles. The van der Waals surface area contributed by atoms with Gasteiger partial charge in [0.15, 0.2) is 0 Å². The smallest absolute Gasteiger partial charge is 0.110 e. The molecular formula is C12H8Cl3NO. The number of aliphatic hydroxyl groups excluding tert-OH is 1. The Hall–Kier alpha value is -0.800. The van der Waals surface area contributed by atoms with E-state index in [0.717, 1.165) is 0 Å². The fourth-order valence-corrected chi connectivity index (χ4v) is 2.33. The van der Waals surface area contributed by atoms with Crippen molar-refractivity contribution < 1.29 is 5.11 Å². The Labute approximate surface area is 114 Å². The molecule has 1 atom stereocenters. The van der Waals surface area contributed by atoms with Gasteiger partial charge in [-0.25, -0.2) is 0 Å². The number of nitrogens with zero attached hydrogens (tertiary/aromatic N) is 1. The summed E-state index contributed by atoms with van der Waals surface area (Å²) in [5.74, 6) is 0. The molecule has 0 bridgehead atoms. The Morgan fingerprint density at radius 2 is 1.65 bits per heavy atom. The molecule has 0 saturated heterocycles. The molecule has 88 valence electrons. The largest absolute Gasteiger partial charge is 0.383 e. The normalized spacial score (nSPS) is 12.5. The average Bonchev–Trinajstić information content (AvgIpc) is 2.29. The van der Waals surface area contributed by atoms with E-state index >= 15 is 0 Å². The second-order valence-corrected chi connectivity index (χ2v) is 4.66. The summed E-state index contributed by atoms with van der Waals surface area (Å²) in [5.41, 5.74) is 0.912. The maximum atomic E-state index is 10.2. The highest BCUT2D eigenvalue weighted by molar-refractivity contribution is 6.36. The van der Waals surface area contributed by atoms with E-state index in [-0.39, 0.29) is 0 Å². The van der Waals surface area contributed by atoms with Crippen molar-refractivity contribution in [2.45, 2.75) is 6.10 Å². The van der Waals surface area contributed by atoms with Gasteiger partial charge in [-0.05, 0) is 18.2 Å². The lowest BCUT2D eigenvalue weighted by Crippen LogP contribution is -2.02. The van der Waals surface area contributed by atoms with E-state index in [0.29, 0.717) is 26.2 Å². The summed E-state index contributed by atoms with van der Waals surface area (Å²) in [6, 6.07) is 6.64. The number of aliphatic hydroxyl groups is 1. The van der Waals surface area contributed by atoms with Gasteiger partial charge in [0.25, 0.3) is 0 Å². The van der Waals surface area contributed by atoms with Crippen LogP contribution in [0.5, 0.6) is 0 Å². The monoisotopic (exact) mass is 287 g/mol. The van der Waals surface area contributed by atoms with Crippen LogP contribution in [-0.2, 0) is 0 Å². The van der Waals surface area contributed by atoms with Gasteiger partial charge in [-0.3, -0.25) is 4.98 Å². The van der Waals surface area contributed by atoms with Gasteiger partial charge >= 0.3 is 0 Å². The number of benzene rings is 1. The molecule has 1 N–H and O–H groups in total. The van der Waals surface area contributed by atoms with Crippen LogP contribution in [0.15, 0.2) is 36.7 Å². The average molecular weight is 289 g/mol. The van der Waals surface area contributed by atoms with Gasteiger partial charge < -0.3 is 5.11 Å². The summed E-state index contributed by atoms with van der Waals surface area (Å²) in [4.78, 5) is 3.92. The first-order chi connectivity index (χ1) is 8.11.